The summed E-state index contributed by atoms with van der Waals surface area (Å²) in [4.78, 5) is 16.3. The van der Waals surface area contributed by atoms with Crippen LogP contribution < -0.4 is 11.5 Å². The number of fused-ring (bicyclic) bond motifs is 3. The zero-order valence-electron chi connectivity index (χ0n) is 14.4. The Hall–Kier alpha value is -1.89. The number of pyridine rings is 1. The molecule has 3 aromatic rings. The number of aryl methyl sites for hydroxylation is 2. The van der Waals surface area contributed by atoms with Crippen molar-refractivity contribution in [1.29, 1.82) is 0 Å². The van der Waals surface area contributed by atoms with Crippen molar-refractivity contribution in [1.82, 2.24) is 15.0 Å². The van der Waals surface area contributed by atoms with Crippen LogP contribution in [-0.4, -0.2) is 21.0 Å². The van der Waals surface area contributed by atoms with Crippen LogP contribution in [0.5, 0.6) is 0 Å². The Kier molecular flexibility index (Phi) is 4.50. The highest BCUT2D eigenvalue weighted by atomic mass is 32.1. The average molecular weight is 353 g/mol. The number of hydrogen-bond acceptors (Lipinski definition) is 6. The molecule has 0 saturated heterocycles. The van der Waals surface area contributed by atoms with Gasteiger partial charge in [0.15, 0.2) is 5.82 Å². The van der Waals surface area contributed by atoms with Crippen LogP contribution in [0.25, 0.3) is 21.6 Å². The van der Waals surface area contributed by atoms with Gasteiger partial charge in [-0.15, -0.1) is 11.3 Å². The van der Waals surface area contributed by atoms with Crippen molar-refractivity contribution >= 4 is 21.6 Å². The molecule has 0 radical (unpaired) electrons. The average Bonchev–Trinajstić information content (AvgIpc) is 2.82. The highest BCUT2D eigenvalue weighted by molar-refractivity contribution is 7.18. The molecule has 2 atom stereocenters. The number of hydrogen-bond donors (Lipinski definition) is 2. The normalized spacial score (nSPS) is 17.1. The summed E-state index contributed by atoms with van der Waals surface area (Å²) in [6.07, 6.45) is 9.50. The number of nitrogens with zero attached hydrogens (tertiary/aromatic N) is 3. The Labute approximate surface area is 151 Å². The molecule has 4 N–H and O–H groups in total. The SMILES string of the molecule is CC(N)C(N)c1nc(-c2ccncc2)nc2sc3c(c12)CCCCC3. The highest BCUT2D eigenvalue weighted by Crippen LogP contribution is 2.38. The Bertz CT molecular complexity index is 888. The van der Waals surface area contributed by atoms with Crippen LogP contribution in [0.2, 0.25) is 0 Å². The van der Waals surface area contributed by atoms with Gasteiger partial charge in [-0.25, -0.2) is 9.97 Å². The molecule has 4 rings (SSSR count). The highest BCUT2D eigenvalue weighted by Gasteiger charge is 2.24. The molecule has 0 aliphatic heterocycles. The summed E-state index contributed by atoms with van der Waals surface area (Å²) < 4.78 is 0. The Morgan fingerprint density at radius 2 is 1.80 bits per heavy atom. The van der Waals surface area contributed by atoms with Gasteiger partial charge in [0.05, 0.1) is 11.7 Å². The summed E-state index contributed by atoms with van der Waals surface area (Å²) in [5, 5.41) is 1.16. The van der Waals surface area contributed by atoms with Crippen LogP contribution in [0.1, 0.15) is 48.4 Å². The van der Waals surface area contributed by atoms with Gasteiger partial charge in [0.1, 0.15) is 4.83 Å². The fraction of sp³-hybridized carbons (Fsp3) is 0.421. The van der Waals surface area contributed by atoms with Crippen molar-refractivity contribution in [2.45, 2.75) is 51.1 Å². The first kappa shape index (κ1) is 16.6. The van der Waals surface area contributed by atoms with E-state index in [-0.39, 0.29) is 12.1 Å². The maximum Gasteiger partial charge on any atom is 0.161 e. The van der Waals surface area contributed by atoms with E-state index >= 15 is 0 Å². The smallest absolute Gasteiger partial charge is 0.161 e. The molecule has 0 amide bonds. The fourth-order valence-electron chi connectivity index (χ4n) is 3.48. The summed E-state index contributed by atoms with van der Waals surface area (Å²) in [6.45, 7) is 1.94. The quantitative estimate of drug-likeness (QED) is 0.705. The zero-order valence-corrected chi connectivity index (χ0v) is 15.2. The number of aromatic nitrogens is 3. The summed E-state index contributed by atoms with van der Waals surface area (Å²) in [7, 11) is 0. The summed E-state index contributed by atoms with van der Waals surface area (Å²) in [5.41, 5.74) is 15.8. The van der Waals surface area contributed by atoms with Gasteiger partial charge in [-0.3, -0.25) is 4.98 Å². The van der Waals surface area contributed by atoms with E-state index < -0.39 is 0 Å². The molecule has 1 aliphatic rings. The van der Waals surface area contributed by atoms with Gasteiger partial charge >= 0.3 is 0 Å². The number of rotatable bonds is 3. The van der Waals surface area contributed by atoms with Gasteiger partial charge in [0, 0.05) is 34.3 Å². The van der Waals surface area contributed by atoms with E-state index in [1.807, 2.05) is 19.1 Å². The monoisotopic (exact) mass is 353 g/mol. The van der Waals surface area contributed by atoms with E-state index in [2.05, 4.69) is 4.98 Å². The Balaban J connectivity index is 1.97. The van der Waals surface area contributed by atoms with Gasteiger partial charge in [0.2, 0.25) is 0 Å². The van der Waals surface area contributed by atoms with Crippen molar-refractivity contribution in [2.75, 3.05) is 0 Å². The topological polar surface area (TPSA) is 90.7 Å². The third-order valence-corrected chi connectivity index (χ3v) is 6.10. The minimum Gasteiger partial charge on any atom is -0.326 e. The van der Waals surface area contributed by atoms with Crippen molar-refractivity contribution in [3.63, 3.8) is 0 Å². The van der Waals surface area contributed by atoms with Gasteiger partial charge in [-0.1, -0.05) is 6.42 Å². The Morgan fingerprint density at radius 3 is 2.56 bits per heavy atom. The van der Waals surface area contributed by atoms with E-state index in [0.717, 1.165) is 34.3 Å². The maximum absolute atomic E-state index is 6.46. The van der Waals surface area contributed by atoms with E-state index in [1.54, 1.807) is 23.7 Å². The zero-order chi connectivity index (χ0) is 17.4. The van der Waals surface area contributed by atoms with Crippen molar-refractivity contribution < 1.29 is 0 Å². The molecular weight excluding hydrogens is 330 g/mol. The molecule has 1 aliphatic carbocycles. The molecule has 0 fully saturated rings. The molecule has 0 bridgehead atoms. The molecule has 3 aromatic heterocycles. The second-order valence-electron chi connectivity index (χ2n) is 6.80. The van der Waals surface area contributed by atoms with Crippen LogP contribution in [0.4, 0.5) is 0 Å². The predicted octanol–water partition coefficient (Wildman–Crippen LogP) is 3.37. The second-order valence-corrected chi connectivity index (χ2v) is 7.88. The van der Waals surface area contributed by atoms with Gasteiger partial charge in [-0.05, 0) is 50.3 Å². The molecular formula is C19H23N5S. The standard InChI is InChI=1S/C19H23N5S/c1-11(20)16(21)17-15-13-5-3-2-4-6-14(13)25-19(15)24-18(23-17)12-7-9-22-10-8-12/h7-11,16H,2-6,20-21H2,1H3. The molecule has 0 aromatic carbocycles. The minimum atomic E-state index is -0.298. The number of nitrogens with two attached hydrogens (primary N) is 2. The van der Waals surface area contributed by atoms with E-state index in [4.69, 9.17) is 21.4 Å². The number of thiophene rings is 1. The van der Waals surface area contributed by atoms with E-state index in [1.165, 1.54) is 29.7 Å². The lowest BCUT2D eigenvalue weighted by atomic mass is 9.99. The summed E-state index contributed by atoms with van der Waals surface area (Å²) >= 11 is 1.80. The molecule has 3 heterocycles. The molecule has 0 saturated carbocycles. The molecule has 2 unspecified atom stereocenters. The van der Waals surface area contributed by atoms with Crippen LogP contribution in [0.3, 0.4) is 0 Å². The van der Waals surface area contributed by atoms with Crippen LogP contribution >= 0.6 is 11.3 Å². The molecule has 130 valence electrons. The third kappa shape index (κ3) is 3.05. The molecule has 25 heavy (non-hydrogen) atoms. The molecule has 0 spiro atoms. The van der Waals surface area contributed by atoms with Gasteiger partial charge < -0.3 is 11.5 Å². The maximum atomic E-state index is 6.46. The lowest BCUT2D eigenvalue weighted by molar-refractivity contribution is 0.578. The van der Waals surface area contributed by atoms with E-state index in [0.29, 0.717) is 5.82 Å². The first-order valence-electron chi connectivity index (χ1n) is 8.89. The second kappa shape index (κ2) is 6.78. The third-order valence-electron chi connectivity index (χ3n) is 4.91. The summed E-state index contributed by atoms with van der Waals surface area (Å²) in [6, 6.07) is 3.40. The summed E-state index contributed by atoms with van der Waals surface area (Å²) in [5.74, 6) is 0.706. The fourth-order valence-corrected chi connectivity index (χ4v) is 4.75. The lowest BCUT2D eigenvalue weighted by Gasteiger charge is -2.18. The molecule has 5 nitrogen and oxygen atoms in total. The lowest BCUT2D eigenvalue weighted by Crippen LogP contribution is -2.32. The first-order valence-corrected chi connectivity index (χ1v) is 9.70. The van der Waals surface area contributed by atoms with Crippen molar-refractivity contribution in [3.8, 4) is 11.4 Å². The first-order chi connectivity index (χ1) is 12.1. The largest absolute Gasteiger partial charge is 0.326 e. The van der Waals surface area contributed by atoms with Gasteiger partial charge in [-0.2, -0.15) is 0 Å². The van der Waals surface area contributed by atoms with Crippen molar-refractivity contribution in [2.24, 2.45) is 11.5 Å². The van der Waals surface area contributed by atoms with Crippen LogP contribution in [-0.2, 0) is 12.8 Å². The van der Waals surface area contributed by atoms with Crippen LogP contribution in [0.15, 0.2) is 24.5 Å². The molecule has 6 heteroatoms. The van der Waals surface area contributed by atoms with Gasteiger partial charge in [0.25, 0.3) is 0 Å². The van der Waals surface area contributed by atoms with E-state index in [9.17, 15) is 0 Å². The Morgan fingerprint density at radius 1 is 1.04 bits per heavy atom. The minimum absolute atomic E-state index is 0.162. The van der Waals surface area contributed by atoms with Crippen LogP contribution in [0, 0.1) is 0 Å². The van der Waals surface area contributed by atoms with Crippen molar-refractivity contribution in [3.05, 3.63) is 40.7 Å². The predicted molar refractivity (Wildman–Crippen MR) is 102 cm³/mol.